The highest BCUT2D eigenvalue weighted by Gasteiger charge is 2.32. The topological polar surface area (TPSA) is 88.9 Å². The lowest BCUT2D eigenvalue weighted by molar-refractivity contribution is 0.0249. The van der Waals surface area contributed by atoms with Gasteiger partial charge in [0.2, 0.25) is 10.1 Å². The average molecular weight is 423 g/mol. The molecule has 1 aliphatic rings. The van der Waals surface area contributed by atoms with Gasteiger partial charge in [-0.05, 0) is 25.0 Å². The fourth-order valence-electron chi connectivity index (χ4n) is 3.34. The second-order valence-corrected chi connectivity index (χ2v) is 8.13. The Bertz CT molecular complexity index is 971. The van der Waals surface area contributed by atoms with Gasteiger partial charge < -0.3 is 20.5 Å². The smallest absolute Gasteiger partial charge is 0.214 e. The summed E-state index contributed by atoms with van der Waals surface area (Å²) in [7, 11) is 0. The second kappa shape index (κ2) is 8.21. The number of nitrogens with zero attached hydrogens (tertiary/aromatic N) is 4. The number of anilines is 1. The maximum atomic E-state index is 13.3. The highest BCUT2D eigenvalue weighted by Crippen LogP contribution is 2.34. The van der Waals surface area contributed by atoms with Crippen molar-refractivity contribution in [3.05, 3.63) is 30.5 Å². The maximum absolute atomic E-state index is 13.3. The number of halogens is 2. The third-order valence-corrected chi connectivity index (χ3v) is 6.15. The van der Waals surface area contributed by atoms with Gasteiger partial charge in [0.15, 0.2) is 6.17 Å². The summed E-state index contributed by atoms with van der Waals surface area (Å²) in [6.45, 7) is 0.158. The number of hydrogen-bond donors (Lipinski definition) is 2. The molecular formula is C19H23F2N5O2S. The molecule has 10 heteroatoms. The van der Waals surface area contributed by atoms with E-state index in [-0.39, 0.29) is 13.2 Å². The van der Waals surface area contributed by atoms with Crippen molar-refractivity contribution < 1.29 is 18.6 Å². The number of benzene rings is 1. The van der Waals surface area contributed by atoms with Gasteiger partial charge in [0.25, 0.3) is 0 Å². The number of nitrogens with two attached hydrogens (primary N) is 1. The molecule has 0 bridgehead atoms. The Morgan fingerprint density at radius 1 is 1.31 bits per heavy atom. The zero-order valence-electron chi connectivity index (χ0n) is 15.8. The molecule has 0 saturated carbocycles. The van der Waals surface area contributed by atoms with Crippen molar-refractivity contribution in [3.8, 4) is 17.0 Å². The number of aliphatic hydroxyl groups is 1. The van der Waals surface area contributed by atoms with Crippen molar-refractivity contribution in [1.29, 1.82) is 0 Å². The van der Waals surface area contributed by atoms with Gasteiger partial charge in [-0.3, -0.25) is 0 Å². The maximum Gasteiger partial charge on any atom is 0.214 e. The van der Waals surface area contributed by atoms with Crippen LogP contribution in [0.2, 0.25) is 0 Å². The van der Waals surface area contributed by atoms with E-state index < -0.39 is 18.4 Å². The molecule has 0 aliphatic carbocycles. The summed E-state index contributed by atoms with van der Waals surface area (Å²) in [5.41, 5.74) is 6.28. The monoisotopic (exact) mass is 423 g/mol. The Morgan fingerprint density at radius 2 is 2.07 bits per heavy atom. The fourth-order valence-corrected chi connectivity index (χ4v) is 4.27. The van der Waals surface area contributed by atoms with Crippen molar-refractivity contribution in [3.63, 3.8) is 0 Å². The van der Waals surface area contributed by atoms with Crippen LogP contribution in [0, 0.1) is 0 Å². The molecule has 0 amide bonds. The number of piperidine rings is 1. The normalized spacial score (nSPS) is 17.6. The quantitative estimate of drug-likeness (QED) is 0.607. The molecule has 4 rings (SSSR count). The van der Waals surface area contributed by atoms with E-state index in [1.54, 1.807) is 22.8 Å². The molecule has 3 N–H and O–H groups in total. The molecule has 1 aliphatic heterocycles. The summed E-state index contributed by atoms with van der Waals surface area (Å²) in [4.78, 5) is 7.28. The molecule has 3 heterocycles. The molecule has 1 aromatic carbocycles. The second-order valence-electron chi connectivity index (χ2n) is 7.20. The van der Waals surface area contributed by atoms with Gasteiger partial charge >= 0.3 is 0 Å². The molecule has 156 valence electrons. The fraction of sp³-hybridized carbons (Fsp3) is 0.474. The van der Waals surface area contributed by atoms with Crippen LogP contribution in [0.25, 0.3) is 16.2 Å². The molecule has 1 fully saturated rings. The first-order valence-electron chi connectivity index (χ1n) is 9.47. The van der Waals surface area contributed by atoms with E-state index in [4.69, 9.17) is 15.6 Å². The van der Waals surface area contributed by atoms with Crippen molar-refractivity contribution in [2.24, 2.45) is 5.73 Å². The van der Waals surface area contributed by atoms with Gasteiger partial charge in [0, 0.05) is 25.2 Å². The van der Waals surface area contributed by atoms with Gasteiger partial charge in [-0.2, -0.15) is 0 Å². The summed E-state index contributed by atoms with van der Waals surface area (Å²) >= 11 is 1.46. The van der Waals surface area contributed by atoms with Crippen LogP contribution in [0.3, 0.4) is 0 Å². The first kappa shape index (κ1) is 20.0. The largest absolute Gasteiger partial charge is 0.490 e. The average Bonchev–Trinajstić information content (AvgIpc) is 3.34. The number of hydrogen-bond acceptors (Lipinski definition) is 7. The van der Waals surface area contributed by atoms with Crippen LogP contribution in [0.5, 0.6) is 5.75 Å². The first-order chi connectivity index (χ1) is 14.0. The lowest BCUT2D eigenvalue weighted by Crippen LogP contribution is -2.48. The van der Waals surface area contributed by atoms with Crippen molar-refractivity contribution >= 4 is 21.4 Å². The van der Waals surface area contributed by atoms with Crippen molar-refractivity contribution in [1.82, 2.24) is 14.6 Å². The zero-order chi connectivity index (χ0) is 20.4. The van der Waals surface area contributed by atoms with E-state index in [1.807, 2.05) is 12.1 Å². The van der Waals surface area contributed by atoms with E-state index in [0.717, 1.165) is 10.1 Å². The van der Waals surface area contributed by atoms with E-state index in [9.17, 15) is 13.9 Å². The van der Waals surface area contributed by atoms with Crippen molar-refractivity contribution in [2.45, 2.75) is 24.6 Å². The number of rotatable bonds is 7. The summed E-state index contributed by atoms with van der Waals surface area (Å²) in [5.74, 6) is 0.450. The molecule has 1 atom stereocenters. The van der Waals surface area contributed by atoms with Gasteiger partial charge in [-0.25, -0.2) is 18.3 Å². The molecule has 1 unspecified atom stereocenters. The number of para-hydroxylation sites is 1. The van der Waals surface area contributed by atoms with Gasteiger partial charge in [-0.1, -0.05) is 23.5 Å². The predicted molar refractivity (Wildman–Crippen MR) is 108 cm³/mol. The predicted octanol–water partition coefficient (Wildman–Crippen LogP) is 2.43. The van der Waals surface area contributed by atoms with Crippen LogP contribution in [0.15, 0.2) is 30.5 Å². The number of fused-ring (bicyclic) bond motifs is 1. The summed E-state index contributed by atoms with van der Waals surface area (Å²) in [6.07, 6.45) is 1.21. The molecule has 0 radical (unpaired) electrons. The van der Waals surface area contributed by atoms with Crippen LogP contribution in [-0.2, 0) is 0 Å². The van der Waals surface area contributed by atoms with Crippen LogP contribution in [-0.4, -0.2) is 64.4 Å². The minimum Gasteiger partial charge on any atom is -0.490 e. The highest BCUT2D eigenvalue weighted by atomic mass is 32.1. The summed E-state index contributed by atoms with van der Waals surface area (Å²) in [5, 5.41) is 15.8. The van der Waals surface area contributed by atoms with Gasteiger partial charge in [0.05, 0.1) is 17.5 Å². The van der Waals surface area contributed by atoms with Crippen molar-refractivity contribution in [2.75, 3.05) is 37.8 Å². The Labute approximate surface area is 170 Å². The van der Waals surface area contributed by atoms with Crippen LogP contribution in [0.1, 0.15) is 12.8 Å². The minimum absolute atomic E-state index is 0.255. The zero-order valence-corrected chi connectivity index (χ0v) is 16.6. The molecule has 0 spiro atoms. The summed E-state index contributed by atoms with van der Waals surface area (Å²) in [6, 6.07) is 7.17. The molecular weight excluding hydrogens is 400 g/mol. The van der Waals surface area contributed by atoms with Crippen LogP contribution >= 0.6 is 11.3 Å². The first-order valence-corrected chi connectivity index (χ1v) is 10.3. The minimum atomic E-state index is -1.66. The van der Waals surface area contributed by atoms with E-state index >= 15 is 0 Å². The molecule has 7 nitrogen and oxygen atoms in total. The lowest BCUT2D eigenvalue weighted by Gasteiger charge is -2.37. The Balaban J connectivity index is 1.59. The van der Waals surface area contributed by atoms with Crippen LogP contribution < -0.4 is 15.4 Å². The molecule has 1 saturated heterocycles. The van der Waals surface area contributed by atoms with E-state index in [1.165, 1.54) is 11.3 Å². The Hall–Kier alpha value is -2.30. The van der Waals surface area contributed by atoms with Gasteiger partial charge in [0.1, 0.15) is 19.0 Å². The number of ether oxygens (including phenoxy) is 1. The Kier molecular flexibility index (Phi) is 5.66. The SMILES string of the molecule is NCC1(O)CCN(c2nn3c(-c4ccccc4OCC(F)CF)cnc3s2)CC1. The number of alkyl halides is 2. The lowest BCUT2D eigenvalue weighted by atomic mass is 9.92. The standard InChI is InChI=1S/C19H23F2N5O2S/c20-9-13(21)11-28-16-4-2-1-3-14(16)15-10-23-17-26(15)24-18(29-17)25-7-5-19(27,12-22)6-8-25/h1-4,10,13,27H,5-9,11-12,22H2. The molecule has 2 aromatic heterocycles. The summed E-state index contributed by atoms with van der Waals surface area (Å²) < 4.78 is 32.9. The Morgan fingerprint density at radius 3 is 2.79 bits per heavy atom. The van der Waals surface area contributed by atoms with Crippen LogP contribution in [0.4, 0.5) is 13.9 Å². The molecule has 3 aromatic rings. The number of aromatic nitrogens is 3. The van der Waals surface area contributed by atoms with E-state index in [2.05, 4.69) is 9.88 Å². The number of imidazole rings is 1. The third-order valence-electron chi connectivity index (χ3n) is 5.17. The van der Waals surface area contributed by atoms with Gasteiger partial charge in [-0.15, -0.1) is 5.10 Å². The van der Waals surface area contributed by atoms with E-state index in [0.29, 0.717) is 42.9 Å². The highest BCUT2D eigenvalue weighted by molar-refractivity contribution is 7.20. The third kappa shape index (κ3) is 4.05. The molecule has 29 heavy (non-hydrogen) atoms.